The SMILES string of the molecule is CCNC(=O)NC1CCC(OC(=O)C(C)(C)c2cccs2)CC1. The Balaban J connectivity index is 1.80. The molecule has 1 fully saturated rings. The molecule has 0 bridgehead atoms. The first-order chi connectivity index (χ1) is 10.9. The lowest BCUT2D eigenvalue weighted by molar-refractivity contribution is -0.156. The number of carbonyl (C=O) groups excluding carboxylic acids is 2. The van der Waals surface area contributed by atoms with E-state index in [1.165, 1.54) is 0 Å². The number of ether oxygens (including phenoxy) is 1. The molecule has 0 aliphatic heterocycles. The van der Waals surface area contributed by atoms with Gasteiger partial charge in [0.15, 0.2) is 0 Å². The molecule has 5 nitrogen and oxygen atoms in total. The maximum atomic E-state index is 12.5. The number of hydrogen-bond acceptors (Lipinski definition) is 4. The van der Waals surface area contributed by atoms with Crippen LogP contribution in [0.2, 0.25) is 0 Å². The van der Waals surface area contributed by atoms with E-state index in [1.54, 1.807) is 11.3 Å². The molecule has 2 N–H and O–H groups in total. The third kappa shape index (κ3) is 4.70. The van der Waals surface area contributed by atoms with Crippen LogP contribution >= 0.6 is 11.3 Å². The number of nitrogens with one attached hydrogen (secondary N) is 2. The third-order valence-electron chi connectivity index (χ3n) is 4.27. The molecule has 1 heterocycles. The van der Waals surface area contributed by atoms with Crippen molar-refractivity contribution >= 4 is 23.3 Å². The second kappa shape index (κ2) is 7.81. The number of hydrogen-bond donors (Lipinski definition) is 2. The molecule has 0 atom stereocenters. The lowest BCUT2D eigenvalue weighted by Gasteiger charge is -2.31. The van der Waals surface area contributed by atoms with Gasteiger partial charge in [-0.25, -0.2) is 4.79 Å². The molecule has 2 rings (SSSR count). The molecule has 0 radical (unpaired) electrons. The van der Waals surface area contributed by atoms with Gasteiger partial charge in [-0.05, 0) is 57.9 Å². The molecule has 1 aliphatic carbocycles. The van der Waals surface area contributed by atoms with Crippen LogP contribution in [0.25, 0.3) is 0 Å². The Labute approximate surface area is 141 Å². The number of urea groups is 1. The minimum atomic E-state index is -0.607. The lowest BCUT2D eigenvalue weighted by atomic mass is 9.90. The zero-order valence-electron chi connectivity index (χ0n) is 14.1. The molecule has 6 heteroatoms. The second-order valence-corrected chi connectivity index (χ2v) is 7.43. The fourth-order valence-corrected chi connectivity index (χ4v) is 3.59. The third-order valence-corrected chi connectivity index (χ3v) is 5.46. The Morgan fingerprint density at radius 1 is 1.30 bits per heavy atom. The Bertz CT molecular complexity index is 520. The maximum absolute atomic E-state index is 12.5. The number of thiophene rings is 1. The molecule has 0 spiro atoms. The molecule has 1 aromatic rings. The quantitative estimate of drug-likeness (QED) is 0.810. The normalized spacial score (nSPS) is 21.5. The highest BCUT2D eigenvalue weighted by Crippen LogP contribution is 2.31. The molecule has 23 heavy (non-hydrogen) atoms. The molecular weight excluding hydrogens is 312 g/mol. The number of esters is 1. The van der Waals surface area contributed by atoms with Crippen LogP contribution in [-0.2, 0) is 14.9 Å². The fourth-order valence-electron chi connectivity index (χ4n) is 2.76. The molecule has 0 aromatic carbocycles. The summed E-state index contributed by atoms with van der Waals surface area (Å²) in [6.07, 6.45) is 3.23. The van der Waals surface area contributed by atoms with Crippen molar-refractivity contribution in [1.82, 2.24) is 10.6 Å². The van der Waals surface area contributed by atoms with Gasteiger partial charge in [-0.15, -0.1) is 11.3 Å². The highest BCUT2D eigenvalue weighted by Gasteiger charge is 2.35. The van der Waals surface area contributed by atoms with E-state index in [4.69, 9.17) is 4.74 Å². The maximum Gasteiger partial charge on any atom is 0.317 e. The lowest BCUT2D eigenvalue weighted by Crippen LogP contribution is -2.45. The summed E-state index contributed by atoms with van der Waals surface area (Å²) in [7, 11) is 0. The Hall–Kier alpha value is -1.56. The van der Waals surface area contributed by atoms with E-state index >= 15 is 0 Å². The van der Waals surface area contributed by atoms with Gasteiger partial charge in [-0.2, -0.15) is 0 Å². The van der Waals surface area contributed by atoms with Crippen LogP contribution in [0.3, 0.4) is 0 Å². The van der Waals surface area contributed by atoms with Crippen LogP contribution < -0.4 is 10.6 Å². The first kappa shape index (κ1) is 17.8. The van der Waals surface area contributed by atoms with E-state index < -0.39 is 5.41 Å². The van der Waals surface area contributed by atoms with Crippen LogP contribution in [0.1, 0.15) is 51.3 Å². The van der Waals surface area contributed by atoms with E-state index in [-0.39, 0.29) is 24.1 Å². The minimum absolute atomic E-state index is 0.0472. The monoisotopic (exact) mass is 338 g/mol. The predicted molar refractivity (Wildman–Crippen MR) is 91.7 cm³/mol. The topological polar surface area (TPSA) is 67.4 Å². The van der Waals surface area contributed by atoms with Crippen LogP contribution in [-0.4, -0.2) is 30.7 Å². The minimum Gasteiger partial charge on any atom is -0.462 e. The van der Waals surface area contributed by atoms with E-state index in [1.807, 2.05) is 38.3 Å². The van der Waals surface area contributed by atoms with E-state index in [0.717, 1.165) is 30.6 Å². The summed E-state index contributed by atoms with van der Waals surface area (Å²) in [5.41, 5.74) is -0.607. The Morgan fingerprint density at radius 2 is 2.00 bits per heavy atom. The zero-order valence-corrected chi connectivity index (χ0v) is 14.9. The summed E-state index contributed by atoms with van der Waals surface area (Å²) in [6, 6.07) is 3.97. The van der Waals surface area contributed by atoms with Crippen molar-refractivity contribution in [2.45, 2.75) is 64.0 Å². The second-order valence-electron chi connectivity index (χ2n) is 6.49. The van der Waals surface area contributed by atoms with Gasteiger partial charge in [0.1, 0.15) is 6.10 Å². The van der Waals surface area contributed by atoms with Crippen LogP contribution in [0.5, 0.6) is 0 Å². The first-order valence-electron chi connectivity index (χ1n) is 8.23. The Kier molecular flexibility index (Phi) is 6.04. The molecule has 1 aliphatic rings. The van der Waals surface area contributed by atoms with Crippen molar-refractivity contribution in [2.24, 2.45) is 0 Å². The summed E-state index contributed by atoms with van der Waals surface area (Å²) in [5.74, 6) is -0.167. The summed E-state index contributed by atoms with van der Waals surface area (Å²) in [6.45, 7) is 6.33. The van der Waals surface area contributed by atoms with Crippen LogP contribution in [0.4, 0.5) is 4.79 Å². The number of rotatable bonds is 5. The van der Waals surface area contributed by atoms with Crippen molar-refractivity contribution in [3.8, 4) is 0 Å². The van der Waals surface area contributed by atoms with Crippen molar-refractivity contribution in [1.29, 1.82) is 0 Å². The van der Waals surface area contributed by atoms with E-state index in [0.29, 0.717) is 6.54 Å². The smallest absolute Gasteiger partial charge is 0.317 e. The summed E-state index contributed by atoms with van der Waals surface area (Å²) < 4.78 is 5.72. The number of amides is 2. The molecule has 0 unspecified atom stereocenters. The Morgan fingerprint density at radius 3 is 2.57 bits per heavy atom. The van der Waals surface area contributed by atoms with Crippen molar-refractivity contribution in [2.75, 3.05) is 6.54 Å². The van der Waals surface area contributed by atoms with Crippen molar-refractivity contribution < 1.29 is 14.3 Å². The van der Waals surface area contributed by atoms with Crippen molar-refractivity contribution in [3.05, 3.63) is 22.4 Å². The van der Waals surface area contributed by atoms with Crippen molar-refractivity contribution in [3.63, 3.8) is 0 Å². The van der Waals surface area contributed by atoms with E-state index in [2.05, 4.69) is 10.6 Å². The van der Waals surface area contributed by atoms with Gasteiger partial charge in [0, 0.05) is 17.5 Å². The van der Waals surface area contributed by atoms with Gasteiger partial charge >= 0.3 is 12.0 Å². The van der Waals surface area contributed by atoms with E-state index in [9.17, 15) is 9.59 Å². The largest absolute Gasteiger partial charge is 0.462 e. The van der Waals surface area contributed by atoms with Gasteiger partial charge in [-0.3, -0.25) is 4.79 Å². The highest BCUT2D eigenvalue weighted by molar-refractivity contribution is 7.10. The van der Waals surface area contributed by atoms with Gasteiger partial charge in [0.2, 0.25) is 0 Å². The highest BCUT2D eigenvalue weighted by atomic mass is 32.1. The van der Waals surface area contributed by atoms with Gasteiger partial charge < -0.3 is 15.4 Å². The molecular formula is C17H26N2O3S. The molecule has 1 aromatic heterocycles. The standard InChI is InChI=1S/C17H26N2O3S/c1-4-18-16(21)19-12-7-9-13(10-8-12)22-15(20)17(2,3)14-6-5-11-23-14/h5-6,11-13H,4,7-10H2,1-3H3,(H2,18,19,21). The van der Waals surface area contributed by atoms with Crippen LogP contribution in [0.15, 0.2) is 17.5 Å². The summed E-state index contributed by atoms with van der Waals surface area (Å²) >= 11 is 1.58. The number of carbonyl (C=O) groups is 2. The van der Waals surface area contributed by atoms with Gasteiger partial charge in [-0.1, -0.05) is 6.07 Å². The van der Waals surface area contributed by atoms with Gasteiger partial charge in [0.05, 0.1) is 5.41 Å². The summed E-state index contributed by atoms with van der Waals surface area (Å²) in [5, 5.41) is 7.67. The molecule has 2 amide bonds. The predicted octanol–water partition coefficient (Wildman–Crippen LogP) is 3.20. The van der Waals surface area contributed by atoms with Crippen LogP contribution in [0, 0.1) is 0 Å². The zero-order chi connectivity index (χ0) is 16.9. The molecule has 0 saturated heterocycles. The first-order valence-corrected chi connectivity index (χ1v) is 9.11. The average molecular weight is 338 g/mol. The molecule has 1 saturated carbocycles. The van der Waals surface area contributed by atoms with Gasteiger partial charge in [0.25, 0.3) is 0 Å². The average Bonchev–Trinajstić information content (AvgIpc) is 3.04. The fraction of sp³-hybridized carbons (Fsp3) is 0.647. The molecule has 128 valence electrons. The summed E-state index contributed by atoms with van der Waals surface area (Å²) in [4.78, 5) is 25.0.